The minimum Gasteiger partial charge on any atom is -0.345 e. The molecule has 2 amide bonds. The van der Waals surface area contributed by atoms with Crippen molar-refractivity contribution in [3.63, 3.8) is 0 Å². The van der Waals surface area contributed by atoms with E-state index in [1.165, 1.54) is 0 Å². The van der Waals surface area contributed by atoms with Gasteiger partial charge in [-0.05, 0) is 50.5 Å². The summed E-state index contributed by atoms with van der Waals surface area (Å²) in [6, 6.07) is 13.7. The molecule has 0 saturated carbocycles. The number of aromatic nitrogens is 1. The predicted molar refractivity (Wildman–Crippen MR) is 107 cm³/mol. The highest BCUT2D eigenvalue weighted by atomic mass is 16.2. The van der Waals surface area contributed by atoms with Crippen LogP contribution in [0.3, 0.4) is 0 Å². The first-order valence-corrected chi connectivity index (χ1v) is 9.34. The number of rotatable bonds is 8. The molecule has 2 rings (SSSR count). The number of carbonyl (C=O) groups is 2. The van der Waals surface area contributed by atoms with Gasteiger partial charge in [-0.1, -0.05) is 30.3 Å². The molecule has 0 aliphatic heterocycles. The molecule has 0 N–H and O–H groups in total. The van der Waals surface area contributed by atoms with E-state index < -0.39 is 5.41 Å². The lowest BCUT2D eigenvalue weighted by molar-refractivity contribution is -0.153. The minimum absolute atomic E-state index is 0.144. The molecule has 0 atom stereocenters. The highest BCUT2D eigenvalue weighted by Gasteiger charge is 2.40. The molecule has 0 bridgehead atoms. The molecule has 5 nitrogen and oxygen atoms in total. The molecule has 0 aliphatic carbocycles. The number of benzene rings is 1. The van der Waals surface area contributed by atoms with Crippen LogP contribution in [0.1, 0.15) is 31.9 Å². The Hall–Kier alpha value is -2.69. The Morgan fingerprint density at radius 1 is 0.963 bits per heavy atom. The summed E-state index contributed by atoms with van der Waals surface area (Å²) < 4.78 is 0. The Morgan fingerprint density at radius 3 is 2.19 bits per heavy atom. The molecule has 1 heterocycles. The Morgan fingerprint density at radius 2 is 1.59 bits per heavy atom. The average molecular weight is 367 g/mol. The number of hydrogen-bond donors (Lipinski definition) is 0. The highest BCUT2D eigenvalue weighted by Crippen LogP contribution is 2.23. The summed E-state index contributed by atoms with van der Waals surface area (Å²) in [6.07, 6.45) is 4.22. The van der Waals surface area contributed by atoms with Gasteiger partial charge in [0.2, 0.25) is 11.8 Å². The second-order valence-corrected chi connectivity index (χ2v) is 7.26. The molecule has 2 aromatic rings. The van der Waals surface area contributed by atoms with Crippen LogP contribution in [-0.2, 0) is 22.6 Å². The molecular weight excluding hydrogens is 338 g/mol. The van der Waals surface area contributed by atoms with E-state index in [2.05, 4.69) is 4.98 Å². The highest BCUT2D eigenvalue weighted by molar-refractivity contribution is 6.04. The molecule has 144 valence electrons. The summed E-state index contributed by atoms with van der Waals surface area (Å²) in [6.45, 7) is 7.00. The number of nitrogens with zero attached hydrogens (tertiary/aromatic N) is 3. The molecule has 5 heteroatoms. The summed E-state index contributed by atoms with van der Waals surface area (Å²) >= 11 is 0. The zero-order valence-electron chi connectivity index (χ0n) is 16.7. The van der Waals surface area contributed by atoms with E-state index in [1.54, 1.807) is 43.1 Å². The predicted octanol–water partition coefficient (Wildman–Crippen LogP) is 3.16. The smallest absolute Gasteiger partial charge is 0.237 e. The second-order valence-electron chi connectivity index (χ2n) is 7.26. The van der Waals surface area contributed by atoms with Gasteiger partial charge in [-0.2, -0.15) is 0 Å². The van der Waals surface area contributed by atoms with Crippen LogP contribution in [0.4, 0.5) is 0 Å². The molecular formula is C22H29N3O2. The monoisotopic (exact) mass is 367 g/mol. The lowest BCUT2D eigenvalue weighted by Crippen LogP contribution is -2.50. The number of amides is 2. The SMILES string of the molecule is CCN(Cc1ccccc1)C(=O)C(C)(C)C(=O)N(C)CCc1ccncc1. The Labute approximate surface area is 162 Å². The van der Waals surface area contributed by atoms with Gasteiger partial charge in [0.15, 0.2) is 0 Å². The molecule has 1 aromatic heterocycles. The van der Waals surface area contributed by atoms with Crippen LogP contribution in [-0.4, -0.2) is 46.7 Å². The largest absolute Gasteiger partial charge is 0.345 e. The van der Waals surface area contributed by atoms with Crippen LogP contribution >= 0.6 is 0 Å². The van der Waals surface area contributed by atoms with Gasteiger partial charge >= 0.3 is 0 Å². The third-order valence-electron chi connectivity index (χ3n) is 4.79. The van der Waals surface area contributed by atoms with Crippen molar-refractivity contribution < 1.29 is 9.59 Å². The van der Waals surface area contributed by atoms with Gasteiger partial charge in [-0.3, -0.25) is 14.6 Å². The number of likely N-dealkylation sites (N-methyl/N-ethyl adjacent to an activating group) is 1. The van der Waals surface area contributed by atoms with Crippen molar-refractivity contribution in [1.29, 1.82) is 0 Å². The van der Waals surface area contributed by atoms with E-state index in [9.17, 15) is 9.59 Å². The van der Waals surface area contributed by atoms with Crippen LogP contribution in [0.15, 0.2) is 54.9 Å². The quantitative estimate of drug-likeness (QED) is 0.674. The Balaban J connectivity index is 2.02. The second kappa shape index (κ2) is 9.31. The Bertz CT molecular complexity index is 745. The fraction of sp³-hybridized carbons (Fsp3) is 0.409. The lowest BCUT2D eigenvalue weighted by atomic mass is 9.89. The maximum atomic E-state index is 13.1. The van der Waals surface area contributed by atoms with E-state index in [0.29, 0.717) is 19.6 Å². The lowest BCUT2D eigenvalue weighted by Gasteiger charge is -2.33. The molecule has 0 aliphatic rings. The molecule has 0 unspecified atom stereocenters. The van der Waals surface area contributed by atoms with Gasteiger partial charge in [0.05, 0.1) is 0 Å². The fourth-order valence-electron chi connectivity index (χ4n) is 3.04. The van der Waals surface area contributed by atoms with Crippen molar-refractivity contribution >= 4 is 11.8 Å². The van der Waals surface area contributed by atoms with Crippen LogP contribution in [0.2, 0.25) is 0 Å². The first kappa shape index (κ1) is 20.6. The minimum atomic E-state index is -1.10. The number of hydrogen-bond acceptors (Lipinski definition) is 3. The zero-order valence-corrected chi connectivity index (χ0v) is 16.7. The topological polar surface area (TPSA) is 53.5 Å². The van der Waals surface area contributed by atoms with Crippen molar-refractivity contribution in [2.45, 2.75) is 33.7 Å². The van der Waals surface area contributed by atoms with Crippen molar-refractivity contribution in [2.24, 2.45) is 5.41 Å². The van der Waals surface area contributed by atoms with E-state index in [-0.39, 0.29) is 11.8 Å². The fourth-order valence-corrected chi connectivity index (χ4v) is 3.04. The summed E-state index contributed by atoms with van der Waals surface area (Å²) in [7, 11) is 1.76. The normalized spacial score (nSPS) is 11.1. The molecule has 1 aromatic carbocycles. The Kier molecular flexibility index (Phi) is 7.11. The molecule has 0 saturated heterocycles. The van der Waals surface area contributed by atoms with Crippen LogP contribution in [0.5, 0.6) is 0 Å². The third kappa shape index (κ3) is 5.39. The van der Waals surface area contributed by atoms with E-state index in [0.717, 1.165) is 17.5 Å². The summed E-state index contributed by atoms with van der Waals surface area (Å²) in [5.74, 6) is -0.303. The maximum Gasteiger partial charge on any atom is 0.237 e. The maximum absolute atomic E-state index is 13.1. The van der Waals surface area contributed by atoms with E-state index in [4.69, 9.17) is 0 Å². The molecule has 0 fully saturated rings. The van der Waals surface area contributed by atoms with Gasteiger partial charge in [0.1, 0.15) is 5.41 Å². The molecule has 0 radical (unpaired) electrons. The number of pyridine rings is 1. The van der Waals surface area contributed by atoms with Gasteiger partial charge in [-0.15, -0.1) is 0 Å². The van der Waals surface area contributed by atoms with Crippen molar-refractivity contribution in [3.05, 3.63) is 66.0 Å². The van der Waals surface area contributed by atoms with Gasteiger partial charge in [0, 0.05) is 39.1 Å². The molecule has 27 heavy (non-hydrogen) atoms. The third-order valence-corrected chi connectivity index (χ3v) is 4.79. The summed E-state index contributed by atoms with van der Waals surface area (Å²) in [5.41, 5.74) is 1.08. The first-order valence-electron chi connectivity index (χ1n) is 9.34. The van der Waals surface area contributed by atoms with Crippen LogP contribution in [0.25, 0.3) is 0 Å². The van der Waals surface area contributed by atoms with Gasteiger partial charge in [-0.25, -0.2) is 0 Å². The van der Waals surface area contributed by atoms with E-state index in [1.807, 2.05) is 49.4 Å². The summed E-state index contributed by atoms with van der Waals surface area (Å²) in [4.78, 5) is 33.4. The van der Waals surface area contributed by atoms with Gasteiger partial charge in [0.25, 0.3) is 0 Å². The van der Waals surface area contributed by atoms with Crippen LogP contribution in [0, 0.1) is 5.41 Å². The van der Waals surface area contributed by atoms with Crippen LogP contribution < -0.4 is 0 Å². The summed E-state index contributed by atoms with van der Waals surface area (Å²) in [5, 5.41) is 0. The average Bonchev–Trinajstić information content (AvgIpc) is 2.70. The van der Waals surface area contributed by atoms with Gasteiger partial charge < -0.3 is 9.80 Å². The number of carbonyl (C=O) groups excluding carboxylic acids is 2. The standard InChI is InChI=1S/C22H29N3O2/c1-5-25(17-19-9-7-6-8-10-19)21(27)22(2,3)20(26)24(4)16-13-18-11-14-23-15-12-18/h6-12,14-15H,5,13,16-17H2,1-4H3. The first-order chi connectivity index (χ1) is 12.9. The van der Waals surface area contributed by atoms with Crippen molar-refractivity contribution in [3.8, 4) is 0 Å². The van der Waals surface area contributed by atoms with Crippen molar-refractivity contribution in [2.75, 3.05) is 20.1 Å². The zero-order chi connectivity index (χ0) is 19.9. The van der Waals surface area contributed by atoms with Crippen molar-refractivity contribution in [1.82, 2.24) is 14.8 Å². The van der Waals surface area contributed by atoms with E-state index >= 15 is 0 Å². The molecule has 0 spiro atoms.